The fourth-order valence-corrected chi connectivity index (χ4v) is 2.36. The quantitative estimate of drug-likeness (QED) is 0.815. The average Bonchev–Trinajstić information content (AvgIpc) is 2.45. The summed E-state index contributed by atoms with van der Waals surface area (Å²) in [5.74, 6) is -0.229. The van der Waals surface area contributed by atoms with Crippen LogP contribution in [0.4, 0.5) is 18.0 Å². The second-order valence-electron chi connectivity index (χ2n) is 6.65. The first-order valence-corrected chi connectivity index (χ1v) is 7.72. The Morgan fingerprint density at radius 1 is 1.25 bits per heavy atom. The summed E-state index contributed by atoms with van der Waals surface area (Å²) in [5, 5.41) is 0. The lowest BCUT2D eigenvalue weighted by Gasteiger charge is -2.33. The molecule has 2 heterocycles. The maximum absolute atomic E-state index is 12.9. The number of ether oxygens (including phenoxy) is 2. The predicted molar refractivity (Wildman–Crippen MR) is 80.7 cm³/mol. The lowest BCUT2D eigenvalue weighted by Crippen LogP contribution is -2.44. The van der Waals surface area contributed by atoms with E-state index in [-0.39, 0.29) is 11.9 Å². The number of piperidine rings is 1. The highest BCUT2D eigenvalue weighted by Crippen LogP contribution is 2.36. The third-order valence-corrected chi connectivity index (χ3v) is 3.47. The first-order chi connectivity index (χ1) is 11.1. The van der Waals surface area contributed by atoms with Crippen molar-refractivity contribution < 1.29 is 27.4 Å². The molecule has 0 bridgehead atoms. The largest absolute Gasteiger partial charge is 0.490 e. The van der Waals surface area contributed by atoms with Gasteiger partial charge in [0.15, 0.2) is 0 Å². The highest BCUT2D eigenvalue weighted by Gasteiger charge is 2.36. The van der Waals surface area contributed by atoms with Gasteiger partial charge < -0.3 is 14.4 Å². The normalized spacial score (nSPS) is 16.8. The van der Waals surface area contributed by atoms with E-state index in [9.17, 15) is 18.0 Å². The average molecular weight is 346 g/mol. The van der Waals surface area contributed by atoms with Crippen molar-refractivity contribution in [1.82, 2.24) is 9.88 Å². The molecule has 8 heteroatoms. The van der Waals surface area contributed by atoms with E-state index in [2.05, 4.69) is 4.98 Å². The number of amides is 1. The van der Waals surface area contributed by atoms with Crippen LogP contribution >= 0.6 is 0 Å². The molecule has 5 nitrogen and oxygen atoms in total. The maximum atomic E-state index is 12.9. The van der Waals surface area contributed by atoms with Gasteiger partial charge in [0, 0.05) is 38.3 Å². The van der Waals surface area contributed by atoms with Gasteiger partial charge in [0.1, 0.15) is 23.0 Å². The van der Waals surface area contributed by atoms with Crippen molar-refractivity contribution in [1.29, 1.82) is 0 Å². The van der Waals surface area contributed by atoms with Gasteiger partial charge >= 0.3 is 12.3 Å². The van der Waals surface area contributed by atoms with Crippen LogP contribution in [0.25, 0.3) is 0 Å². The Balaban J connectivity index is 1.94. The summed E-state index contributed by atoms with van der Waals surface area (Å²) in [6.45, 7) is 6.10. The standard InChI is InChI=1S/C16H21F3N2O3/c1-15(2,3)24-14(22)21-8-5-11(6-9-21)23-13-4-7-20-10-12(13)16(17,18)19/h4,7,10-11H,5-6,8-9H2,1-3H3. The smallest absolute Gasteiger partial charge is 0.421 e. The van der Waals surface area contributed by atoms with Crippen molar-refractivity contribution in [2.75, 3.05) is 13.1 Å². The summed E-state index contributed by atoms with van der Waals surface area (Å²) >= 11 is 0. The van der Waals surface area contributed by atoms with Gasteiger partial charge in [-0.05, 0) is 26.8 Å². The zero-order chi connectivity index (χ0) is 18.0. The molecule has 0 radical (unpaired) electrons. The number of carbonyl (C=O) groups excluding carboxylic acids is 1. The summed E-state index contributed by atoms with van der Waals surface area (Å²) in [6.07, 6.45) is -2.41. The third-order valence-electron chi connectivity index (χ3n) is 3.47. The lowest BCUT2D eigenvalue weighted by atomic mass is 10.1. The summed E-state index contributed by atoms with van der Waals surface area (Å²) in [7, 11) is 0. The van der Waals surface area contributed by atoms with Gasteiger partial charge in [-0.2, -0.15) is 13.2 Å². The molecular formula is C16H21F3N2O3. The van der Waals surface area contributed by atoms with Crippen LogP contribution in [0.1, 0.15) is 39.2 Å². The minimum atomic E-state index is -4.51. The second-order valence-corrected chi connectivity index (χ2v) is 6.65. The molecule has 1 amide bonds. The Bertz CT molecular complexity index is 577. The summed E-state index contributed by atoms with van der Waals surface area (Å²) < 4.78 is 49.6. The Kier molecular flexibility index (Phi) is 5.25. The van der Waals surface area contributed by atoms with Gasteiger partial charge in [-0.25, -0.2) is 4.79 Å². The summed E-state index contributed by atoms with van der Waals surface area (Å²) in [5.41, 5.74) is -1.47. The highest BCUT2D eigenvalue weighted by molar-refractivity contribution is 5.68. The zero-order valence-electron chi connectivity index (χ0n) is 13.9. The van der Waals surface area contributed by atoms with Crippen molar-refractivity contribution in [3.8, 4) is 5.75 Å². The molecule has 1 aliphatic heterocycles. The Hall–Kier alpha value is -1.99. The monoisotopic (exact) mass is 346 g/mol. The van der Waals surface area contributed by atoms with Gasteiger partial charge in [0.05, 0.1) is 0 Å². The lowest BCUT2D eigenvalue weighted by molar-refractivity contribution is -0.139. The van der Waals surface area contributed by atoms with E-state index in [0.717, 1.165) is 6.20 Å². The van der Waals surface area contributed by atoms with E-state index in [0.29, 0.717) is 25.9 Å². The highest BCUT2D eigenvalue weighted by atomic mass is 19.4. The molecule has 2 rings (SSSR count). The zero-order valence-corrected chi connectivity index (χ0v) is 13.9. The van der Waals surface area contributed by atoms with Gasteiger partial charge in [-0.1, -0.05) is 0 Å². The van der Waals surface area contributed by atoms with Gasteiger partial charge in [0.25, 0.3) is 0 Å². The molecule has 0 N–H and O–H groups in total. The van der Waals surface area contributed by atoms with E-state index in [1.54, 1.807) is 25.7 Å². The topological polar surface area (TPSA) is 51.7 Å². The summed E-state index contributed by atoms with van der Waals surface area (Å²) in [6, 6.07) is 1.21. The van der Waals surface area contributed by atoms with Crippen LogP contribution in [0.15, 0.2) is 18.5 Å². The Morgan fingerprint density at radius 3 is 2.42 bits per heavy atom. The van der Waals surface area contributed by atoms with E-state index in [4.69, 9.17) is 9.47 Å². The number of hydrogen-bond acceptors (Lipinski definition) is 4. The van der Waals surface area contributed by atoms with Crippen LogP contribution < -0.4 is 4.74 Å². The van der Waals surface area contributed by atoms with Crippen LogP contribution in [0.5, 0.6) is 5.75 Å². The molecule has 1 aromatic rings. The Morgan fingerprint density at radius 2 is 1.88 bits per heavy atom. The molecular weight excluding hydrogens is 325 g/mol. The molecule has 1 saturated heterocycles. The van der Waals surface area contributed by atoms with E-state index in [1.807, 2.05) is 0 Å². The van der Waals surface area contributed by atoms with Gasteiger partial charge in [-0.3, -0.25) is 4.98 Å². The molecule has 134 valence electrons. The molecule has 24 heavy (non-hydrogen) atoms. The van der Waals surface area contributed by atoms with E-state index in [1.165, 1.54) is 12.3 Å². The van der Waals surface area contributed by atoms with Crippen LogP contribution in [-0.4, -0.2) is 40.8 Å². The van der Waals surface area contributed by atoms with Crippen molar-refractivity contribution >= 4 is 6.09 Å². The third kappa shape index (κ3) is 5.01. The minimum Gasteiger partial charge on any atom is -0.490 e. The van der Waals surface area contributed by atoms with Crippen LogP contribution in [0, 0.1) is 0 Å². The molecule has 1 aromatic heterocycles. The molecule has 0 atom stereocenters. The number of nitrogens with zero attached hydrogens (tertiary/aromatic N) is 2. The van der Waals surface area contributed by atoms with Crippen molar-refractivity contribution in [3.05, 3.63) is 24.0 Å². The number of pyridine rings is 1. The molecule has 1 aliphatic rings. The van der Waals surface area contributed by atoms with Gasteiger partial charge in [0.2, 0.25) is 0 Å². The number of rotatable bonds is 2. The SMILES string of the molecule is CC(C)(C)OC(=O)N1CCC(Oc2ccncc2C(F)(F)F)CC1. The van der Waals surface area contributed by atoms with Crippen molar-refractivity contribution in [3.63, 3.8) is 0 Å². The number of hydrogen-bond donors (Lipinski definition) is 0. The number of alkyl halides is 3. The summed E-state index contributed by atoms with van der Waals surface area (Å²) in [4.78, 5) is 17.0. The first-order valence-electron chi connectivity index (χ1n) is 7.72. The second kappa shape index (κ2) is 6.86. The van der Waals surface area contributed by atoms with Crippen molar-refractivity contribution in [2.24, 2.45) is 0 Å². The number of likely N-dealkylation sites (tertiary alicyclic amines) is 1. The number of carbonyl (C=O) groups is 1. The van der Waals surface area contributed by atoms with Crippen LogP contribution in [0.3, 0.4) is 0 Å². The van der Waals surface area contributed by atoms with E-state index >= 15 is 0 Å². The first kappa shape index (κ1) is 18.4. The maximum Gasteiger partial charge on any atom is 0.421 e. The molecule has 0 aliphatic carbocycles. The molecule has 0 aromatic carbocycles. The van der Waals surface area contributed by atoms with Crippen LogP contribution in [0.2, 0.25) is 0 Å². The van der Waals surface area contributed by atoms with E-state index < -0.39 is 23.4 Å². The number of halogens is 3. The molecule has 0 spiro atoms. The molecule has 1 fully saturated rings. The fraction of sp³-hybridized carbons (Fsp3) is 0.625. The minimum absolute atomic E-state index is 0.229. The molecule has 0 unspecified atom stereocenters. The fourth-order valence-electron chi connectivity index (χ4n) is 2.36. The van der Waals surface area contributed by atoms with Gasteiger partial charge in [-0.15, -0.1) is 0 Å². The predicted octanol–water partition coefficient (Wildman–Crippen LogP) is 3.88. The van der Waals surface area contributed by atoms with Crippen molar-refractivity contribution in [2.45, 2.75) is 51.5 Å². The van der Waals surface area contributed by atoms with Crippen LogP contribution in [-0.2, 0) is 10.9 Å². The number of aromatic nitrogens is 1. The Labute approximate surface area is 138 Å². The molecule has 0 saturated carbocycles.